The van der Waals surface area contributed by atoms with E-state index >= 15 is 4.39 Å². The predicted molar refractivity (Wildman–Crippen MR) is 135 cm³/mol. The number of nitrogens with zero attached hydrogens (tertiary/aromatic N) is 6. The minimum absolute atomic E-state index is 0.0910. The van der Waals surface area contributed by atoms with Crippen LogP contribution in [0.15, 0.2) is 12.4 Å². The Hall–Kier alpha value is -3.46. The Labute approximate surface area is 209 Å². The fourth-order valence-electron chi connectivity index (χ4n) is 5.48. The molecule has 2 atom stereocenters. The molecule has 0 spiro atoms. The summed E-state index contributed by atoms with van der Waals surface area (Å²) in [4.78, 5) is 17.8. The van der Waals surface area contributed by atoms with Crippen LogP contribution in [0.2, 0.25) is 0 Å². The Balaban J connectivity index is 1.59. The second-order valence-corrected chi connectivity index (χ2v) is 10.6. The summed E-state index contributed by atoms with van der Waals surface area (Å²) in [5.41, 5.74) is 7.96. The molecule has 184 valence electrons. The Bertz CT molecular complexity index is 1600. The molecule has 2 aliphatic rings. The van der Waals surface area contributed by atoms with E-state index in [1.165, 1.54) is 0 Å². The summed E-state index contributed by atoms with van der Waals surface area (Å²) in [7, 11) is 4.09. The molecule has 1 fully saturated rings. The molecular weight excluding hydrogens is 484 g/mol. The first-order valence-corrected chi connectivity index (χ1v) is 12.4. The third kappa shape index (κ3) is 3.25. The second kappa shape index (κ2) is 8.30. The lowest BCUT2D eigenvalue weighted by Crippen LogP contribution is -2.34. The van der Waals surface area contributed by atoms with Crippen molar-refractivity contribution in [3.05, 3.63) is 40.7 Å². The van der Waals surface area contributed by atoms with E-state index in [0.29, 0.717) is 28.9 Å². The number of hydrogen-bond acceptors (Lipinski definition) is 9. The number of anilines is 2. The number of nitrogen functional groups attached to an aromatic ring is 1. The standard InChI is InChI=1S/C25H23F2N7OS/c1-11-7-34(8-17(11)33(2)3)25-31-5-13-14-9-35-10-15(14)18(20(27)21(13)32-25)22-19-12(4-28)24(29)36-23(19)16(26)6-30-22/h5-6,11,17H,7-10,29H2,1-3H3/t11-,17-/m0/s1. The van der Waals surface area contributed by atoms with E-state index in [0.717, 1.165) is 36.2 Å². The Morgan fingerprint density at radius 1 is 1.19 bits per heavy atom. The molecule has 3 aromatic heterocycles. The van der Waals surface area contributed by atoms with Crippen LogP contribution in [0.4, 0.5) is 19.7 Å². The molecule has 2 aliphatic heterocycles. The quantitative estimate of drug-likeness (QED) is 0.443. The number of fused-ring (bicyclic) bond motifs is 4. The second-order valence-electron chi connectivity index (χ2n) is 9.60. The third-order valence-electron chi connectivity index (χ3n) is 7.25. The zero-order chi connectivity index (χ0) is 25.3. The maximum absolute atomic E-state index is 16.4. The molecule has 0 amide bonds. The number of aromatic nitrogens is 3. The zero-order valence-electron chi connectivity index (χ0n) is 20.0. The molecule has 8 nitrogen and oxygen atoms in total. The number of rotatable bonds is 3. The van der Waals surface area contributed by atoms with E-state index in [2.05, 4.69) is 31.7 Å². The van der Waals surface area contributed by atoms with Crippen LogP contribution in [0.3, 0.4) is 0 Å². The average molecular weight is 508 g/mol. The summed E-state index contributed by atoms with van der Waals surface area (Å²) >= 11 is 0.954. The fourth-order valence-corrected chi connectivity index (χ4v) is 6.40. The van der Waals surface area contributed by atoms with Gasteiger partial charge >= 0.3 is 0 Å². The molecule has 4 aromatic rings. The molecule has 0 aliphatic carbocycles. The number of ether oxygens (including phenoxy) is 1. The van der Waals surface area contributed by atoms with Crippen molar-refractivity contribution in [3.63, 3.8) is 0 Å². The zero-order valence-corrected chi connectivity index (χ0v) is 20.8. The van der Waals surface area contributed by atoms with Gasteiger partial charge in [0.15, 0.2) is 11.6 Å². The SMILES string of the molecule is C[C@H]1CN(c2ncc3c4c(c(-c5ncc(F)c6sc(N)c(C#N)c56)c(F)c3n2)COC4)C[C@@H]1N(C)C. The molecule has 1 saturated heterocycles. The van der Waals surface area contributed by atoms with E-state index in [-0.39, 0.29) is 50.6 Å². The summed E-state index contributed by atoms with van der Waals surface area (Å²) in [6.45, 7) is 4.11. The van der Waals surface area contributed by atoms with Gasteiger partial charge in [0.05, 0.1) is 35.4 Å². The van der Waals surface area contributed by atoms with Gasteiger partial charge in [0.2, 0.25) is 5.95 Å². The maximum atomic E-state index is 16.4. The predicted octanol–water partition coefficient (Wildman–Crippen LogP) is 4.06. The number of thiophene rings is 1. The number of likely N-dealkylation sites (N-methyl/N-ethyl adjacent to an activating group) is 1. The van der Waals surface area contributed by atoms with Crippen molar-refractivity contribution >= 4 is 43.3 Å². The van der Waals surface area contributed by atoms with Crippen molar-refractivity contribution in [1.29, 1.82) is 5.26 Å². The van der Waals surface area contributed by atoms with Gasteiger partial charge in [-0.1, -0.05) is 6.92 Å². The van der Waals surface area contributed by atoms with Crippen LogP contribution in [0.1, 0.15) is 23.6 Å². The number of nitrogens with two attached hydrogens (primary N) is 1. The van der Waals surface area contributed by atoms with Gasteiger partial charge in [0.25, 0.3) is 0 Å². The van der Waals surface area contributed by atoms with Crippen molar-refractivity contribution < 1.29 is 13.5 Å². The molecule has 1 aromatic carbocycles. The van der Waals surface area contributed by atoms with Crippen molar-refractivity contribution in [3.8, 4) is 17.3 Å². The van der Waals surface area contributed by atoms with Crippen LogP contribution >= 0.6 is 11.3 Å². The minimum Gasteiger partial charge on any atom is -0.389 e. The van der Waals surface area contributed by atoms with Crippen molar-refractivity contribution in [1.82, 2.24) is 19.9 Å². The molecule has 0 unspecified atom stereocenters. The highest BCUT2D eigenvalue weighted by atomic mass is 32.1. The summed E-state index contributed by atoms with van der Waals surface area (Å²) in [6.07, 6.45) is 2.70. The average Bonchev–Trinajstić information content (AvgIpc) is 3.57. The number of pyridine rings is 1. The Kier molecular flexibility index (Phi) is 5.29. The van der Waals surface area contributed by atoms with Gasteiger partial charge in [-0.25, -0.2) is 18.7 Å². The van der Waals surface area contributed by atoms with E-state index < -0.39 is 11.6 Å². The minimum atomic E-state index is -0.607. The highest BCUT2D eigenvalue weighted by molar-refractivity contribution is 7.23. The van der Waals surface area contributed by atoms with Gasteiger partial charge in [-0.15, -0.1) is 11.3 Å². The van der Waals surface area contributed by atoms with Crippen LogP contribution in [0.25, 0.3) is 32.2 Å². The lowest BCUT2D eigenvalue weighted by atomic mass is 9.94. The normalized spacial score (nSPS) is 19.5. The molecule has 5 heterocycles. The summed E-state index contributed by atoms with van der Waals surface area (Å²) in [5, 5.41) is 10.7. The molecule has 0 bridgehead atoms. The van der Waals surface area contributed by atoms with Crippen LogP contribution in [-0.2, 0) is 18.0 Å². The maximum Gasteiger partial charge on any atom is 0.226 e. The molecule has 0 radical (unpaired) electrons. The van der Waals surface area contributed by atoms with Crippen LogP contribution in [0, 0.1) is 28.9 Å². The first-order valence-electron chi connectivity index (χ1n) is 11.6. The van der Waals surface area contributed by atoms with E-state index in [1.54, 1.807) is 6.20 Å². The van der Waals surface area contributed by atoms with Gasteiger partial charge in [-0.3, -0.25) is 4.98 Å². The van der Waals surface area contributed by atoms with E-state index in [9.17, 15) is 9.65 Å². The summed E-state index contributed by atoms with van der Waals surface area (Å²) in [5.74, 6) is -0.344. The number of halogens is 2. The fraction of sp³-hybridized carbons (Fsp3) is 0.360. The van der Waals surface area contributed by atoms with Gasteiger partial charge in [-0.2, -0.15) is 5.26 Å². The van der Waals surface area contributed by atoms with Gasteiger partial charge in [0, 0.05) is 41.7 Å². The number of hydrogen-bond donors (Lipinski definition) is 1. The molecule has 36 heavy (non-hydrogen) atoms. The van der Waals surface area contributed by atoms with Crippen molar-refractivity contribution in [2.45, 2.75) is 26.2 Å². The van der Waals surface area contributed by atoms with Crippen LogP contribution in [-0.4, -0.2) is 53.1 Å². The van der Waals surface area contributed by atoms with Crippen LogP contribution in [0.5, 0.6) is 0 Å². The molecule has 2 N–H and O–H groups in total. The lowest BCUT2D eigenvalue weighted by Gasteiger charge is -2.22. The van der Waals surface area contributed by atoms with Crippen molar-refractivity contribution in [2.24, 2.45) is 5.92 Å². The molecule has 11 heteroatoms. The van der Waals surface area contributed by atoms with Gasteiger partial charge in [-0.05, 0) is 31.1 Å². The summed E-state index contributed by atoms with van der Waals surface area (Å²) in [6, 6.07) is 2.37. The Morgan fingerprint density at radius 3 is 2.69 bits per heavy atom. The topological polar surface area (TPSA) is 104 Å². The lowest BCUT2D eigenvalue weighted by molar-refractivity contribution is 0.135. The molecular formula is C25H23F2N7OS. The van der Waals surface area contributed by atoms with Gasteiger partial charge < -0.3 is 20.3 Å². The van der Waals surface area contributed by atoms with Crippen molar-refractivity contribution in [2.75, 3.05) is 37.8 Å². The highest BCUT2D eigenvalue weighted by Crippen LogP contribution is 2.45. The smallest absolute Gasteiger partial charge is 0.226 e. The third-order valence-corrected chi connectivity index (χ3v) is 8.28. The number of nitriles is 1. The van der Waals surface area contributed by atoms with Gasteiger partial charge in [0.1, 0.15) is 16.6 Å². The molecule has 0 saturated carbocycles. The number of benzene rings is 1. The van der Waals surface area contributed by atoms with E-state index in [1.807, 2.05) is 20.2 Å². The first-order chi connectivity index (χ1) is 17.3. The first kappa shape index (κ1) is 23.0. The summed E-state index contributed by atoms with van der Waals surface area (Å²) < 4.78 is 36.9. The van der Waals surface area contributed by atoms with E-state index in [4.69, 9.17) is 10.5 Å². The largest absolute Gasteiger partial charge is 0.389 e. The highest BCUT2D eigenvalue weighted by Gasteiger charge is 2.34. The van der Waals surface area contributed by atoms with Crippen LogP contribution < -0.4 is 10.6 Å². The Morgan fingerprint density at radius 2 is 1.97 bits per heavy atom. The monoisotopic (exact) mass is 507 g/mol. The molecule has 6 rings (SSSR count).